The van der Waals surface area contributed by atoms with Crippen LogP contribution in [0.15, 0.2) is 48.5 Å². The van der Waals surface area contributed by atoms with Gasteiger partial charge in [0.05, 0.1) is 0 Å². The molecule has 2 aromatic rings. The van der Waals surface area contributed by atoms with Crippen LogP contribution in [-0.4, -0.2) is 0 Å². The van der Waals surface area contributed by atoms with Crippen LogP contribution in [0.4, 0.5) is 14.5 Å². The number of nitrogens with two attached hydrogens (primary N) is 1. The molecule has 2 aromatic carbocycles. The Morgan fingerprint density at radius 1 is 0.947 bits per heavy atom. The smallest absolute Gasteiger partial charge is 0.276 e. The second-order valence-corrected chi connectivity index (χ2v) is 5.10. The zero-order valence-electron chi connectivity index (χ0n) is 10.4. The molecule has 0 atom stereocenters. The molecule has 1 aliphatic carbocycles. The molecule has 0 amide bonds. The number of hydrogen-bond donors (Lipinski definition) is 1. The van der Waals surface area contributed by atoms with Gasteiger partial charge in [-0.05, 0) is 42.2 Å². The maximum Gasteiger partial charge on any atom is 0.276 e. The molecule has 0 aromatic heterocycles. The highest BCUT2D eigenvalue weighted by Crippen LogP contribution is 2.50. The quantitative estimate of drug-likeness (QED) is 0.810. The first-order chi connectivity index (χ1) is 9.07. The lowest BCUT2D eigenvalue weighted by Gasteiger charge is -2.17. The van der Waals surface area contributed by atoms with Crippen LogP contribution in [0.25, 0.3) is 11.1 Å². The van der Waals surface area contributed by atoms with Crippen molar-refractivity contribution in [2.75, 3.05) is 5.73 Å². The predicted octanol–water partition coefficient (Wildman–Crippen LogP) is 4.44. The van der Waals surface area contributed by atoms with Crippen molar-refractivity contribution in [2.45, 2.75) is 18.8 Å². The van der Waals surface area contributed by atoms with Crippen LogP contribution in [0.5, 0.6) is 0 Å². The number of benzene rings is 2. The number of halogens is 2. The van der Waals surface area contributed by atoms with Crippen molar-refractivity contribution in [3.05, 3.63) is 54.1 Å². The maximum atomic E-state index is 14.1. The maximum absolute atomic E-state index is 14.1. The first kappa shape index (κ1) is 12.2. The van der Waals surface area contributed by atoms with Crippen molar-refractivity contribution in [3.63, 3.8) is 0 Å². The molecule has 1 aliphatic rings. The minimum absolute atomic E-state index is 0.115. The zero-order valence-corrected chi connectivity index (χ0v) is 10.4. The average molecular weight is 259 g/mol. The van der Waals surface area contributed by atoms with Crippen molar-refractivity contribution in [1.82, 2.24) is 0 Å². The Morgan fingerprint density at radius 2 is 1.63 bits per heavy atom. The fourth-order valence-electron chi connectivity index (χ4n) is 2.26. The second kappa shape index (κ2) is 4.34. The summed E-state index contributed by atoms with van der Waals surface area (Å²) in [5.74, 6) is -3.18. The van der Waals surface area contributed by atoms with Crippen LogP contribution < -0.4 is 5.73 Å². The molecule has 1 nitrogen and oxygen atoms in total. The van der Waals surface area contributed by atoms with E-state index >= 15 is 0 Å². The van der Waals surface area contributed by atoms with Gasteiger partial charge in [0.25, 0.3) is 5.92 Å². The van der Waals surface area contributed by atoms with Gasteiger partial charge in [0.15, 0.2) is 0 Å². The highest BCUT2D eigenvalue weighted by atomic mass is 19.3. The summed E-state index contributed by atoms with van der Waals surface area (Å²) >= 11 is 0. The molecule has 2 N–H and O–H groups in total. The topological polar surface area (TPSA) is 26.0 Å². The van der Waals surface area contributed by atoms with E-state index in [9.17, 15) is 8.78 Å². The Kier molecular flexibility index (Phi) is 2.77. The molecule has 0 radical (unpaired) electrons. The van der Waals surface area contributed by atoms with E-state index in [2.05, 4.69) is 0 Å². The lowest BCUT2D eigenvalue weighted by atomic mass is 9.98. The van der Waals surface area contributed by atoms with Gasteiger partial charge in [-0.1, -0.05) is 30.3 Å². The van der Waals surface area contributed by atoms with Crippen LogP contribution in [0.3, 0.4) is 0 Å². The fourth-order valence-corrected chi connectivity index (χ4v) is 2.26. The van der Waals surface area contributed by atoms with E-state index in [1.54, 1.807) is 24.3 Å². The number of anilines is 1. The SMILES string of the molecule is Nc1ccc(-c2cccc(C(F)(F)C3CC3)c2)cc1. The summed E-state index contributed by atoms with van der Waals surface area (Å²) in [7, 11) is 0. The largest absolute Gasteiger partial charge is 0.399 e. The Balaban J connectivity index is 1.97. The summed E-state index contributed by atoms with van der Waals surface area (Å²) in [6.45, 7) is 0. The molecule has 0 unspecified atom stereocenters. The van der Waals surface area contributed by atoms with Crippen LogP contribution in [-0.2, 0) is 5.92 Å². The van der Waals surface area contributed by atoms with Crippen molar-refractivity contribution in [1.29, 1.82) is 0 Å². The Bertz CT molecular complexity index is 586. The molecule has 0 aliphatic heterocycles. The van der Waals surface area contributed by atoms with Crippen LogP contribution in [0.2, 0.25) is 0 Å². The number of rotatable bonds is 3. The molecule has 0 spiro atoms. The molecule has 0 saturated heterocycles. The minimum atomic E-state index is -2.70. The van der Waals surface area contributed by atoms with Crippen molar-refractivity contribution < 1.29 is 8.78 Å². The van der Waals surface area contributed by atoms with Crippen molar-refractivity contribution in [3.8, 4) is 11.1 Å². The predicted molar refractivity (Wildman–Crippen MR) is 72.9 cm³/mol. The minimum Gasteiger partial charge on any atom is -0.399 e. The molecule has 98 valence electrons. The van der Waals surface area contributed by atoms with E-state index in [4.69, 9.17) is 5.73 Å². The summed E-state index contributed by atoms with van der Waals surface area (Å²) in [5.41, 5.74) is 8.13. The Hall–Kier alpha value is -1.90. The normalized spacial score (nSPS) is 15.5. The standard InChI is InChI=1S/C16H15F2N/c17-16(18,13-6-7-13)14-3-1-2-12(10-14)11-4-8-15(19)9-5-11/h1-5,8-10,13H,6-7,19H2. The van der Waals surface area contributed by atoms with E-state index in [0.29, 0.717) is 18.5 Å². The van der Waals surface area contributed by atoms with Crippen molar-refractivity contribution >= 4 is 5.69 Å². The molecule has 1 fully saturated rings. The average Bonchev–Trinajstić information content (AvgIpc) is 3.24. The lowest BCUT2D eigenvalue weighted by molar-refractivity contribution is -0.0285. The monoisotopic (exact) mass is 259 g/mol. The van der Waals surface area contributed by atoms with Gasteiger partial charge in [0.2, 0.25) is 0 Å². The van der Waals surface area contributed by atoms with E-state index in [1.807, 2.05) is 18.2 Å². The summed E-state index contributed by atoms with van der Waals surface area (Å²) in [4.78, 5) is 0. The van der Waals surface area contributed by atoms with E-state index < -0.39 is 11.8 Å². The van der Waals surface area contributed by atoms with Gasteiger partial charge in [-0.15, -0.1) is 0 Å². The molecular weight excluding hydrogens is 244 g/mol. The first-order valence-corrected chi connectivity index (χ1v) is 6.41. The third-order valence-electron chi connectivity index (χ3n) is 3.58. The van der Waals surface area contributed by atoms with Crippen LogP contribution in [0.1, 0.15) is 18.4 Å². The van der Waals surface area contributed by atoms with Crippen LogP contribution in [0, 0.1) is 5.92 Å². The second-order valence-electron chi connectivity index (χ2n) is 5.10. The first-order valence-electron chi connectivity index (χ1n) is 6.41. The van der Waals surface area contributed by atoms with Gasteiger partial charge in [0, 0.05) is 17.2 Å². The molecule has 3 heteroatoms. The van der Waals surface area contributed by atoms with E-state index in [-0.39, 0.29) is 5.56 Å². The zero-order chi connectivity index (χ0) is 13.5. The number of alkyl halides is 2. The highest BCUT2D eigenvalue weighted by molar-refractivity contribution is 5.66. The summed E-state index contributed by atoms with van der Waals surface area (Å²) in [5, 5.41) is 0. The van der Waals surface area contributed by atoms with Gasteiger partial charge in [0.1, 0.15) is 0 Å². The fraction of sp³-hybridized carbons (Fsp3) is 0.250. The van der Waals surface area contributed by atoms with Gasteiger partial charge in [-0.25, -0.2) is 8.78 Å². The van der Waals surface area contributed by atoms with E-state index in [1.165, 1.54) is 6.07 Å². The molecule has 3 rings (SSSR count). The summed E-state index contributed by atoms with van der Waals surface area (Å²) in [6.07, 6.45) is 1.25. The number of hydrogen-bond acceptors (Lipinski definition) is 1. The molecule has 19 heavy (non-hydrogen) atoms. The molecule has 0 heterocycles. The van der Waals surface area contributed by atoms with E-state index in [0.717, 1.165) is 11.1 Å². The highest BCUT2D eigenvalue weighted by Gasteiger charge is 2.47. The molecule has 1 saturated carbocycles. The van der Waals surface area contributed by atoms with Crippen molar-refractivity contribution in [2.24, 2.45) is 5.92 Å². The summed E-state index contributed by atoms with van der Waals surface area (Å²) < 4.78 is 28.2. The molecule has 0 bridgehead atoms. The lowest BCUT2D eigenvalue weighted by Crippen LogP contribution is -2.15. The molecular formula is C16H15F2N. The third-order valence-corrected chi connectivity index (χ3v) is 3.58. The van der Waals surface area contributed by atoms with Gasteiger partial charge < -0.3 is 5.73 Å². The van der Waals surface area contributed by atoms with Gasteiger partial charge in [-0.2, -0.15) is 0 Å². The number of nitrogen functional groups attached to an aromatic ring is 1. The Morgan fingerprint density at radius 3 is 2.26 bits per heavy atom. The Labute approximate surface area is 111 Å². The summed E-state index contributed by atoms with van der Waals surface area (Å²) in [6, 6.07) is 13.9. The van der Waals surface area contributed by atoms with Gasteiger partial charge in [-0.3, -0.25) is 0 Å². The van der Waals surface area contributed by atoms with Crippen LogP contribution >= 0.6 is 0 Å². The van der Waals surface area contributed by atoms with Gasteiger partial charge >= 0.3 is 0 Å². The third kappa shape index (κ3) is 2.33.